The zero-order valence-corrected chi connectivity index (χ0v) is 8.22. The lowest BCUT2D eigenvalue weighted by molar-refractivity contribution is -0.269. The normalized spacial score (nSPS) is 27.9. The molecule has 0 bridgehead atoms. The Balaban J connectivity index is 2.14. The monoisotopic (exact) mass is 206 g/mol. The van der Waals surface area contributed by atoms with E-state index in [0.717, 1.165) is 19.3 Å². The van der Waals surface area contributed by atoms with Crippen molar-refractivity contribution < 1.29 is 24.4 Å². The summed E-state index contributed by atoms with van der Waals surface area (Å²) in [6.07, 6.45) is 2.09. The summed E-state index contributed by atoms with van der Waals surface area (Å²) in [5.74, 6) is 0. The van der Waals surface area contributed by atoms with Gasteiger partial charge in [-0.05, 0) is 19.3 Å². The Labute approximate surface area is 83.6 Å². The predicted octanol–water partition coefficient (Wildman–Crippen LogP) is -0.143. The molecule has 0 aromatic rings. The maximum absolute atomic E-state index is 8.56. The molecule has 0 saturated carbocycles. The van der Waals surface area contributed by atoms with Crippen LogP contribution in [0.15, 0.2) is 0 Å². The molecular formula is C9H18O5. The molecule has 2 N–H and O–H groups in total. The molecule has 2 atom stereocenters. The van der Waals surface area contributed by atoms with Crippen LogP contribution in [0.25, 0.3) is 0 Å². The van der Waals surface area contributed by atoms with Gasteiger partial charge in [0.2, 0.25) is 0 Å². The first kappa shape index (κ1) is 11.9. The number of hydrogen-bond donors (Lipinski definition) is 2. The quantitative estimate of drug-likeness (QED) is 0.633. The van der Waals surface area contributed by atoms with Gasteiger partial charge in [-0.1, -0.05) is 0 Å². The van der Waals surface area contributed by atoms with Crippen molar-refractivity contribution >= 4 is 0 Å². The van der Waals surface area contributed by atoms with Gasteiger partial charge in [-0.2, -0.15) is 0 Å². The van der Waals surface area contributed by atoms with E-state index in [-0.39, 0.29) is 39.0 Å². The van der Waals surface area contributed by atoms with Gasteiger partial charge in [0, 0.05) is 0 Å². The molecule has 1 heterocycles. The fourth-order valence-electron chi connectivity index (χ4n) is 1.37. The van der Waals surface area contributed by atoms with Gasteiger partial charge in [-0.15, -0.1) is 0 Å². The summed E-state index contributed by atoms with van der Waals surface area (Å²) >= 11 is 0. The van der Waals surface area contributed by atoms with Crippen molar-refractivity contribution in [2.45, 2.75) is 31.8 Å². The summed E-state index contributed by atoms with van der Waals surface area (Å²) in [5.41, 5.74) is 0. The number of aliphatic hydroxyl groups is 2. The van der Waals surface area contributed by atoms with Crippen LogP contribution in [0.4, 0.5) is 0 Å². The van der Waals surface area contributed by atoms with Gasteiger partial charge < -0.3 is 24.4 Å². The molecule has 0 aromatic heterocycles. The molecule has 1 saturated heterocycles. The second-order valence-electron chi connectivity index (χ2n) is 3.11. The summed E-state index contributed by atoms with van der Waals surface area (Å²) in [5, 5.41) is 17.1. The van der Waals surface area contributed by atoms with Crippen molar-refractivity contribution in [3.05, 3.63) is 0 Å². The fourth-order valence-corrected chi connectivity index (χ4v) is 1.37. The molecule has 1 fully saturated rings. The smallest absolute Gasteiger partial charge is 0.160 e. The molecule has 0 aromatic carbocycles. The van der Waals surface area contributed by atoms with Crippen molar-refractivity contribution in [3.8, 4) is 0 Å². The van der Waals surface area contributed by atoms with E-state index in [9.17, 15) is 0 Å². The van der Waals surface area contributed by atoms with E-state index in [1.807, 2.05) is 0 Å². The molecule has 0 spiro atoms. The highest BCUT2D eigenvalue weighted by molar-refractivity contribution is 4.59. The molecule has 2 unspecified atom stereocenters. The minimum atomic E-state index is -0.278. The van der Waals surface area contributed by atoms with E-state index in [4.69, 9.17) is 24.4 Å². The molecule has 14 heavy (non-hydrogen) atoms. The van der Waals surface area contributed by atoms with E-state index < -0.39 is 0 Å². The van der Waals surface area contributed by atoms with Crippen LogP contribution < -0.4 is 0 Å². The van der Waals surface area contributed by atoms with Crippen molar-refractivity contribution in [1.82, 2.24) is 0 Å². The van der Waals surface area contributed by atoms with Crippen LogP contribution in [-0.4, -0.2) is 49.2 Å². The maximum atomic E-state index is 8.56. The third-order valence-electron chi connectivity index (χ3n) is 1.97. The Morgan fingerprint density at radius 2 is 1.50 bits per heavy atom. The van der Waals surface area contributed by atoms with Gasteiger partial charge in [0.15, 0.2) is 12.6 Å². The maximum Gasteiger partial charge on any atom is 0.160 e. The van der Waals surface area contributed by atoms with Crippen molar-refractivity contribution in [3.63, 3.8) is 0 Å². The molecule has 0 aliphatic carbocycles. The van der Waals surface area contributed by atoms with E-state index in [1.54, 1.807) is 0 Å². The van der Waals surface area contributed by atoms with Crippen LogP contribution >= 0.6 is 0 Å². The highest BCUT2D eigenvalue weighted by Crippen LogP contribution is 2.20. The van der Waals surface area contributed by atoms with Gasteiger partial charge in [-0.3, -0.25) is 0 Å². The van der Waals surface area contributed by atoms with Gasteiger partial charge in [-0.25, -0.2) is 0 Å². The van der Waals surface area contributed by atoms with Gasteiger partial charge >= 0.3 is 0 Å². The Morgan fingerprint density at radius 1 is 1.00 bits per heavy atom. The molecule has 1 aliphatic heterocycles. The summed E-state index contributed by atoms with van der Waals surface area (Å²) in [4.78, 5) is 0. The van der Waals surface area contributed by atoms with E-state index in [2.05, 4.69) is 0 Å². The topological polar surface area (TPSA) is 68.2 Å². The van der Waals surface area contributed by atoms with Crippen LogP contribution in [0.2, 0.25) is 0 Å². The van der Waals surface area contributed by atoms with Gasteiger partial charge in [0.1, 0.15) is 0 Å². The van der Waals surface area contributed by atoms with Gasteiger partial charge in [0.25, 0.3) is 0 Å². The number of hydrogen-bond acceptors (Lipinski definition) is 5. The molecule has 84 valence electrons. The summed E-state index contributed by atoms with van der Waals surface area (Å²) in [6, 6.07) is 0. The first-order valence-electron chi connectivity index (χ1n) is 4.97. The minimum absolute atomic E-state index is 0.00201. The first-order chi connectivity index (χ1) is 6.86. The average Bonchev–Trinajstić information content (AvgIpc) is 2.24. The number of aliphatic hydroxyl groups excluding tert-OH is 2. The van der Waals surface area contributed by atoms with Crippen LogP contribution in [-0.2, 0) is 14.2 Å². The Bertz CT molecular complexity index is 127. The van der Waals surface area contributed by atoms with Crippen molar-refractivity contribution in [1.29, 1.82) is 0 Å². The zero-order valence-electron chi connectivity index (χ0n) is 8.22. The molecule has 1 rings (SSSR count). The third-order valence-corrected chi connectivity index (χ3v) is 1.97. The highest BCUT2D eigenvalue weighted by atomic mass is 16.8. The zero-order chi connectivity index (χ0) is 10.2. The van der Waals surface area contributed by atoms with E-state index in [1.165, 1.54) is 0 Å². The number of ether oxygens (including phenoxy) is 3. The molecule has 5 nitrogen and oxygen atoms in total. The molecule has 0 radical (unpaired) electrons. The molecule has 5 heteroatoms. The van der Waals surface area contributed by atoms with Crippen molar-refractivity contribution in [2.24, 2.45) is 0 Å². The lowest BCUT2D eigenvalue weighted by Crippen LogP contribution is -2.32. The van der Waals surface area contributed by atoms with Gasteiger partial charge in [0.05, 0.1) is 26.4 Å². The standard InChI is InChI=1S/C9H18O5/c10-4-6-12-8-2-1-3-9(14-8)13-7-5-11/h8-11H,1-7H2. The van der Waals surface area contributed by atoms with E-state index in [0.29, 0.717) is 0 Å². The lowest BCUT2D eigenvalue weighted by Gasteiger charge is -2.29. The second-order valence-corrected chi connectivity index (χ2v) is 3.11. The Morgan fingerprint density at radius 3 is 1.93 bits per heavy atom. The second kappa shape index (κ2) is 7.14. The highest BCUT2D eigenvalue weighted by Gasteiger charge is 2.22. The molecule has 1 aliphatic rings. The summed E-state index contributed by atoms with van der Waals surface area (Å²) < 4.78 is 15.9. The van der Waals surface area contributed by atoms with Crippen LogP contribution in [0, 0.1) is 0 Å². The minimum Gasteiger partial charge on any atom is -0.394 e. The SMILES string of the molecule is OCCOC1CCCC(OCCO)O1. The van der Waals surface area contributed by atoms with Crippen molar-refractivity contribution in [2.75, 3.05) is 26.4 Å². The largest absolute Gasteiger partial charge is 0.394 e. The predicted molar refractivity (Wildman–Crippen MR) is 48.6 cm³/mol. The van der Waals surface area contributed by atoms with Crippen LogP contribution in [0.5, 0.6) is 0 Å². The van der Waals surface area contributed by atoms with Crippen LogP contribution in [0.1, 0.15) is 19.3 Å². The fraction of sp³-hybridized carbons (Fsp3) is 1.00. The Hall–Kier alpha value is -0.200. The van der Waals surface area contributed by atoms with Crippen LogP contribution in [0.3, 0.4) is 0 Å². The molecule has 0 amide bonds. The number of rotatable bonds is 6. The van der Waals surface area contributed by atoms with E-state index >= 15 is 0 Å². The average molecular weight is 206 g/mol. The first-order valence-corrected chi connectivity index (χ1v) is 4.97. The third kappa shape index (κ3) is 4.34. The summed E-state index contributed by atoms with van der Waals surface area (Å²) in [7, 11) is 0. The lowest BCUT2D eigenvalue weighted by atomic mass is 10.2. The molecular weight excluding hydrogens is 188 g/mol. The Kier molecular flexibility index (Phi) is 6.05. The summed E-state index contributed by atoms with van der Waals surface area (Å²) in [6.45, 7) is 0.582.